The molecule has 0 aliphatic carbocycles. The number of ether oxygens (including phenoxy) is 1. The Labute approximate surface area is 112 Å². The van der Waals surface area contributed by atoms with Crippen molar-refractivity contribution in [3.63, 3.8) is 0 Å². The molecule has 1 aromatic heterocycles. The van der Waals surface area contributed by atoms with Crippen LogP contribution < -0.4 is 4.74 Å². The number of rotatable bonds is 6. The van der Waals surface area contributed by atoms with Crippen molar-refractivity contribution in [1.82, 2.24) is 10.1 Å². The highest BCUT2D eigenvalue weighted by Gasteiger charge is 2.07. The van der Waals surface area contributed by atoms with Crippen LogP contribution in [0.25, 0.3) is 0 Å². The van der Waals surface area contributed by atoms with Gasteiger partial charge in [0.25, 0.3) is 0 Å². The van der Waals surface area contributed by atoms with E-state index in [-0.39, 0.29) is 6.61 Å². The summed E-state index contributed by atoms with van der Waals surface area (Å²) < 4.78 is 10.7. The van der Waals surface area contributed by atoms with Crippen molar-refractivity contribution >= 4 is 0 Å². The molecule has 0 unspecified atom stereocenters. The Hall–Kier alpha value is -1.88. The third-order valence-corrected chi connectivity index (χ3v) is 2.68. The molecule has 1 heterocycles. The van der Waals surface area contributed by atoms with Crippen LogP contribution in [0.4, 0.5) is 0 Å². The zero-order valence-electron chi connectivity index (χ0n) is 11.2. The van der Waals surface area contributed by atoms with Gasteiger partial charge in [0, 0.05) is 6.42 Å². The molecule has 5 nitrogen and oxygen atoms in total. The van der Waals surface area contributed by atoms with Gasteiger partial charge in [0.15, 0.2) is 6.61 Å². The Bertz CT molecular complexity index is 523. The minimum absolute atomic E-state index is 0.260. The lowest BCUT2D eigenvalue weighted by Gasteiger charge is -2.07. The van der Waals surface area contributed by atoms with Gasteiger partial charge in [-0.15, -0.1) is 0 Å². The maximum Gasteiger partial charge on any atom is 0.226 e. The monoisotopic (exact) mass is 262 g/mol. The normalized spacial score (nSPS) is 12.4. The lowest BCUT2D eigenvalue weighted by Crippen LogP contribution is -1.99. The zero-order chi connectivity index (χ0) is 13.7. The second-order valence-corrected chi connectivity index (χ2v) is 4.39. The quantitative estimate of drug-likeness (QED) is 0.866. The second-order valence-electron chi connectivity index (χ2n) is 4.39. The Morgan fingerprint density at radius 1 is 1.42 bits per heavy atom. The fraction of sp³-hybridized carbons (Fsp3) is 0.429. The van der Waals surface area contributed by atoms with Crippen LogP contribution in [0.5, 0.6) is 5.75 Å². The van der Waals surface area contributed by atoms with Crippen LogP contribution in [0.2, 0.25) is 0 Å². The first-order chi connectivity index (χ1) is 9.19. The number of aliphatic hydroxyl groups is 1. The molecule has 19 heavy (non-hydrogen) atoms. The summed E-state index contributed by atoms with van der Waals surface area (Å²) in [5.74, 6) is 1.85. The van der Waals surface area contributed by atoms with Crippen LogP contribution in [-0.2, 0) is 13.0 Å². The number of benzene rings is 1. The highest BCUT2D eigenvalue weighted by Crippen LogP contribution is 2.19. The minimum atomic E-state index is -0.509. The van der Waals surface area contributed by atoms with Crippen LogP contribution in [0.15, 0.2) is 28.8 Å². The van der Waals surface area contributed by atoms with Gasteiger partial charge in [-0.3, -0.25) is 0 Å². The molecular weight excluding hydrogens is 244 g/mol. The molecule has 1 aromatic carbocycles. The summed E-state index contributed by atoms with van der Waals surface area (Å²) in [7, 11) is 0. The SMILES string of the molecule is CCCc1nc(COc2cccc([C@@H](C)O)c2)no1. The fourth-order valence-corrected chi connectivity index (χ4v) is 1.68. The van der Waals surface area contributed by atoms with Crippen LogP contribution in [0.1, 0.15) is 43.7 Å². The molecule has 5 heteroatoms. The average Bonchev–Trinajstić information content (AvgIpc) is 2.85. The summed E-state index contributed by atoms with van der Waals surface area (Å²) in [5.41, 5.74) is 0.817. The molecule has 0 spiro atoms. The van der Waals surface area contributed by atoms with Crippen molar-refractivity contribution in [2.24, 2.45) is 0 Å². The minimum Gasteiger partial charge on any atom is -0.485 e. The predicted octanol–water partition coefficient (Wildman–Crippen LogP) is 2.65. The number of hydrogen-bond acceptors (Lipinski definition) is 5. The van der Waals surface area contributed by atoms with Gasteiger partial charge in [-0.25, -0.2) is 0 Å². The van der Waals surface area contributed by atoms with E-state index in [0.29, 0.717) is 17.5 Å². The van der Waals surface area contributed by atoms with Crippen molar-refractivity contribution in [2.75, 3.05) is 0 Å². The molecule has 0 saturated carbocycles. The highest BCUT2D eigenvalue weighted by molar-refractivity contribution is 5.29. The molecule has 2 rings (SSSR count). The first-order valence-electron chi connectivity index (χ1n) is 6.41. The first-order valence-corrected chi connectivity index (χ1v) is 6.41. The standard InChI is InChI=1S/C14H18N2O3/c1-3-5-14-15-13(16-19-14)9-18-12-7-4-6-11(8-12)10(2)17/h4,6-8,10,17H,3,5,9H2,1-2H3/t10-/m1/s1. The van der Waals surface area contributed by atoms with Crippen LogP contribution >= 0.6 is 0 Å². The maximum absolute atomic E-state index is 9.50. The van der Waals surface area contributed by atoms with Gasteiger partial charge >= 0.3 is 0 Å². The Balaban J connectivity index is 1.95. The molecule has 1 N–H and O–H groups in total. The van der Waals surface area contributed by atoms with E-state index in [4.69, 9.17) is 9.26 Å². The lowest BCUT2D eigenvalue weighted by molar-refractivity contribution is 0.198. The van der Waals surface area contributed by atoms with E-state index >= 15 is 0 Å². The summed E-state index contributed by atoms with van der Waals surface area (Å²) in [6, 6.07) is 7.33. The number of aryl methyl sites for hydroxylation is 1. The molecule has 0 radical (unpaired) electrons. The van der Waals surface area contributed by atoms with E-state index in [0.717, 1.165) is 18.4 Å². The summed E-state index contributed by atoms with van der Waals surface area (Å²) in [4.78, 5) is 4.22. The average molecular weight is 262 g/mol. The summed E-state index contributed by atoms with van der Waals surface area (Å²) in [5, 5.41) is 13.3. The fourth-order valence-electron chi connectivity index (χ4n) is 1.68. The summed E-state index contributed by atoms with van der Waals surface area (Å²) in [6.45, 7) is 4.04. The summed E-state index contributed by atoms with van der Waals surface area (Å²) >= 11 is 0. The van der Waals surface area contributed by atoms with Gasteiger partial charge in [0.1, 0.15) is 5.75 Å². The van der Waals surface area contributed by atoms with E-state index in [1.54, 1.807) is 13.0 Å². The second kappa shape index (κ2) is 6.33. The molecule has 0 aliphatic heterocycles. The van der Waals surface area contributed by atoms with Crippen molar-refractivity contribution < 1.29 is 14.4 Å². The number of nitrogens with zero attached hydrogens (tertiary/aromatic N) is 2. The maximum atomic E-state index is 9.50. The Kier molecular flexibility index (Phi) is 4.52. The van der Waals surface area contributed by atoms with E-state index in [2.05, 4.69) is 17.1 Å². The molecule has 0 amide bonds. The molecule has 2 aromatic rings. The van der Waals surface area contributed by atoms with Crippen LogP contribution in [0.3, 0.4) is 0 Å². The highest BCUT2D eigenvalue weighted by atomic mass is 16.5. The molecular formula is C14H18N2O3. The number of aromatic nitrogens is 2. The van der Waals surface area contributed by atoms with Gasteiger partial charge in [-0.2, -0.15) is 4.98 Å². The molecule has 0 aliphatic rings. The zero-order valence-corrected chi connectivity index (χ0v) is 11.2. The van der Waals surface area contributed by atoms with Crippen molar-refractivity contribution in [3.8, 4) is 5.75 Å². The van der Waals surface area contributed by atoms with E-state index in [9.17, 15) is 5.11 Å². The van der Waals surface area contributed by atoms with Crippen molar-refractivity contribution in [2.45, 2.75) is 39.4 Å². The molecule has 0 saturated heterocycles. The third kappa shape index (κ3) is 3.79. The lowest BCUT2D eigenvalue weighted by atomic mass is 10.1. The van der Waals surface area contributed by atoms with Crippen molar-refractivity contribution in [1.29, 1.82) is 0 Å². The van der Waals surface area contributed by atoms with Crippen LogP contribution in [-0.4, -0.2) is 15.2 Å². The van der Waals surface area contributed by atoms with E-state index in [1.165, 1.54) is 0 Å². The smallest absolute Gasteiger partial charge is 0.226 e. The van der Waals surface area contributed by atoms with Gasteiger partial charge in [0.2, 0.25) is 11.7 Å². The van der Waals surface area contributed by atoms with Crippen LogP contribution in [0, 0.1) is 0 Å². The topological polar surface area (TPSA) is 68.4 Å². The van der Waals surface area contributed by atoms with Crippen molar-refractivity contribution in [3.05, 3.63) is 41.5 Å². The van der Waals surface area contributed by atoms with E-state index in [1.807, 2.05) is 18.2 Å². The van der Waals surface area contributed by atoms with Gasteiger partial charge in [0.05, 0.1) is 6.10 Å². The Morgan fingerprint density at radius 3 is 3.00 bits per heavy atom. The first kappa shape index (κ1) is 13.5. The predicted molar refractivity (Wildman–Crippen MR) is 69.7 cm³/mol. The molecule has 1 atom stereocenters. The van der Waals surface area contributed by atoms with Gasteiger partial charge in [-0.1, -0.05) is 24.2 Å². The van der Waals surface area contributed by atoms with Gasteiger partial charge < -0.3 is 14.4 Å². The Morgan fingerprint density at radius 2 is 2.26 bits per heavy atom. The number of hydrogen-bond donors (Lipinski definition) is 1. The third-order valence-electron chi connectivity index (χ3n) is 2.68. The molecule has 0 fully saturated rings. The van der Waals surface area contributed by atoms with Gasteiger partial charge in [-0.05, 0) is 31.0 Å². The number of aliphatic hydroxyl groups excluding tert-OH is 1. The molecule has 102 valence electrons. The van der Waals surface area contributed by atoms with E-state index < -0.39 is 6.10 Å². The molecule has 0 bridgehead atoms. The summed E-state index contributed by atoms with van der Waals surface area (Å²) in [6.07, 6.45) is 1.24. The largest absolute Gasteiger partial charge is 0.485 e.